The van der Waals surface area contributed by atoms with Gasteiger partial charge in [0.2, 0.25) is 0 Å². The van der Waals surface area contributed by atoms with Crippen LogP contribution in [0.2, 0.25) is 0 Å². The summed E-state index contributed by atoms with van der Waals surface area (Å²) in [6, 6.07) is 7.50. The average molecular weight is 202 g/mol. The normalized spacial score (nSPS) is 11.9. The van der Waals surface area contributed by atoms with Crippen molar-refractivity contribution in [1.29, 1.82) is 0 Å². The molecule has 2 aromatic rings. The molecule has 0 fully saturated rings. The molecule has 1 aromatic carbocycles. The zero-order chi connectivity index (χ0) is 11.1. The number of aromatic amines is 1. The van der Waals surface area contributed by atoms with Crippen LogP contribution in [0.15, 0.2) is 30.5 Å². The van der Waals surface area contributed by atoms with Gasteiger partial charge in [0.05, 0.1) is 5.54 Å². The predicted molar refractivity (Wildman–Crippen MR) is 60.9 cm³/mol. The smallest absolute Gasteiger partial charge is 0.182 e. The van der Waals surface area contributed by atoms with E-state index in [4.69, 9.17) is 5.73 Å². The number of ketones is 1. The highest BCUT2D eigenvalue weighted by Crippen LogP contribution is 2.17. The molecule has 3 N–H and O–H groups in total. The van der Waals surface area contributed by atoms with Gasteiger partial charge in [-0.05, 0) is 38.1 Å². The van der Waals surface area contributed by atoms with Crippen molar-refractivity contribution in [3.8, 4) is 0 Å². The minimum atomic E-state index is -0.815. The van der Waals surface area contributed by atoms with Gasteiger partial charge in [-0.1, -0.05) is 0 Å². The molecule has 1 aromatic heterocycles. The van der Waals surface area contributed by atoms with Gasteiger partial charge in [0, 0.05) is 22.7 Å². The fourth-order valence-corrected chi connectivity index (χ4v) is 1.57. The molecule has 0 bridgehead atoms. The van der Waals surface area contributed by atoms with E-state index in [1.165, 1.54) is 0 Å². The summed E-state index contributed by atoms with van der Waals surface area (Å²) < 4.78 is 0. The third-order valence-electron chi connectivity index (χ3n) is 2.40. The Hall–Kier alpha value is -1.61. The quantitative estimate of drug-likeness (QED) is 0.732. The largest absolute Gasteiger partial charge is 0.361 e. The van der Waals surface area contributed by atoms with Gasteiger partial charge in [0.1, 0.15) is 0 Å². The third kappa shape index (κ3) is 1.78. The highest BCUT2D eigenvalue weighted by atomic mass is 16.1. The first-order chi connectivity index (χ1) is 6.98. The van der Waals surface area contributed by atoms with Crippen LogP contribution >= 0.6 is 0 Å². The summed E-state index contributed by atoms with van der Waals surface area (Å²) in [5, 5.41) is 1.03. The van der Waals surface area contributed by atoms with Gasteiger partial charge >= 0.3 is 0 Å². The standard InChI is InChI=1S/C12H14N2O/c1-12(2,13)11(15)9-3-4-10-8(7-9)5-6-14-10/h3-7,14H,13H2,1-2H3. The van der Waals surface area contributed by atoms with Gasteiger partial charge < -0.3 is 10.7 Å². The van der Waals surface area contributed by atoms with Gasteiger partial charge in [-0.15, -0.1) is 0 Å². The summed E-state index contributed by atoms with van der Waals surface area (Å²) in [6.07, 6.45) is 1.85. The number of carbonyl (C=O) groups is 1. The molecule has 0 aliphatic rings. The first-order valence-electron chi connectivity index (χ1n) is 4.89. The van der Waals surface area contributed by atoms with Crippen LogP contribution in [0.25, 0.3) is 10.9 Å². The summed E-state index contributed by atoms with van der Waals surface area (Å²) in [5.41, 5.74) is 6.65. The summed E-state index contributed by atoms with van der Waals surface area (Å²) in [4.78, 5) is 15.0. The maximum absolute atomic E-state index is 11.9. The lowest BCUT2D eigenvalue weighted by molar-refractivity contribution is 0.0913. The Morgan fingerprint density at radius 1 is 1.33 bits per heavy atom. The summed E-state index contributed by atoms with van der Waals surface area (Å²) in [7, 11) is 0. The highest BCUT2D eigenvalue weighted by molar-refractivity contribution is 6.04. The summed E-state index contributed by atoms with van der Waals surface area (Å²) in [5.74, 6) is -0.0365. The number of fused-ring (bicyclic) bond motifs is 1. The van der Waals surface area contributed by atoms with Crippen LogP contribution in [-0.4, -0.2) is 16.3 Å². The predicted octanol–water partition coefficient (Wildman–Crippen LogP) is 2.09. The number of hydrogen-bond donors (Lipinski definition) is 2. The molecule has 0 saturated carbocycles. The van der Waals surface area contributed by atoms with E-state index >= 15 is 0 Å². The van der Waals surface area contributed by atoms with Crippen LogP contribution < -0.4 is 5.73 Å². The molecule has 78 valence electrons. The molecule has 3 nitrogen and oxygen atoms in total. The molecule has 0 radical (unpaired) electrons. The Labute approximate surface area is 88.3 Å². The monoisotopic (exact) mass is 202 g/mol. The van der Waals surface area contributed by atoms with Crippen molar-refractivity contribution in [2.45, 2.75) is 19.4 Å². The first-order valence-corrected chi connectivity index (χ1v) is 4.89. The van der Waals surface area contributed by atoms with Gasteiger partial charge in [0.25, 0.3) is 0 Å². The molecular formula is C12H14N2O. The van der Waals surface area contributed by atoms with E-state index in [-0.39, 0.29) is 5.78 Å². The number of Topliss-reactive ketones (excluding diaryl/α,β-unsaturated/α-hetero) is 1. The fraction of sp³-hybridized carbons (Fsp3) is 0.250. The van der Waals surface area contributed by atoms with E-state index < -0.39 is 5.54 Å². The number of benzene rings is 1. The van der Waals surface area contributed by atoms with Gasteiger partial charge in [-0.3, -0.25) is 4.79 Å². The van der Waals surface area contributed by atoms with Crippen LogP contribution in [0.3, 0.4) is 0 Å². The van der Waals surface area contributed by atoms with E-state index in [0.29, 0.717) is 5.56 Å². The SMILES string of the molecule is CC(C)(N)C(=O)c1ccc2[nH]ccc2c1. The second kappa shape index (κ2) is 3.21. The van der Waals surface area contributed by atoms with Crippen molar-refractivity contribution in [3.05, 3.63) is 36.0 Å². The van der Waals surface area contributed by atoms with E-state index in [2.05, 4.69) is 4.98 Å². The van der Waals surface area contributed by atoms with Gasteiger partial charge in [-0.2, -0.15) is 0 Å². The molecule has 0 unspecified atom stereocenters. The molecule has 15 heavy (non-hydrogen) atoms. The lowest BCUT2D eigenvalue weighted by atomic mass is 9.94. The maximum Gasteiger partial charge on any atom is 0.182 e. The van der Waals surface area contributed by atoms with E-state index in [1.807, 2.05) is 24.4 Å². The van der Waals surface area contributed by atoms with Crippen LogP contribution in [0, 0.1) is 0 Å². The zero-order valence-electron chi connectivity index (χ0n) is 8.87. The Morgan fingerprint density at radius 3 is 2.73 bits per heavy atom. The van der Waals surface area contributed by atoms with Crippen molar-refractivity contribution in [2.75, 3.05) is 0 Å². The molecular weight excluding hydrogens is 188 g/mol. The molecule has 0 saturated heterocycles. The molecule has 1 heterocycles. The van der Waals surface area contributed by atoms with Gasteiger partial charge in [0.15, 0.2) is 5.78 Å². The second-order valence-electron chi connectivity index (χ2n) is 4.33. The molecule has 0 amide bonds. The molecule has 0 spiro atoms. The number of nitrogens with one attached hydrogen (secondary N) is 1. The third-order valence-corrected chi connectivity index (χ3v) is 2.40. The Bertz CT molecular complexity index is 506. The molecule has 2 rings (SSSR count). The van der Waals surface area contributed by atoms with Crippen LogP contribution in [0.4, 0.5) is 0 Å². The first kappa shape index (κ1) is 9.93. The van der Waals surface area contributed by atoms with Crippen molar-refractivity contribution in [2.24, 2.45) is 5.73 Å². The van der Waals surface area contributed by atoms with Crippen molar-refractivity contribution < 1.29 is 4.79 Å². The lowest BCUT2D eigenvalue weighted by Gasteiger charge is -2.16. The van der Waals surface area contributed by atoms with Crippen LogP contribution in [0.5, 0.6) is 0 Å². The summed E-state index contributed by atoms with van der Waals surface area (Å²) >= 11 is 0. The number of nitrogens with two attached hydrogens (primary N) is 1. The van der Waals surface area contributed by atoms with E-state index in [9.17, 15) is 4.79 Å². The number of hydrogen-bond acceptors (Lipinski definition) is 2. The van der Waals surface area contributed by atoms with E-state index in [1.54, 1.807) is 19.9 Å². The zero-order valence-corrected chi connectivity index (χ0v) is 8.87. The highest BCUT2D eigenvalue weighted by Gasteiger charge is 2.23. The lowest BCUT2D eigenvalue weighted by Crippen LogP contribution is -2.41. The van der Waals surface area contributed by atoms with Crippen molar-refractivity contribution in [1.82, 2.24) is 4.98 Å². The number of carbonyl (C=O) groups excluding carboxylic acids is 1. The molecule has 0 atom stereocenters. The molecule has 0 aliphatic heterocycles. The number of aromatic nitrogens is 1. The van der Waals surface area contributed by atoms with Crippen LogP contribution in [-0.2, 0) is 0 Å². The van der Waals surface area contributed by atoms with Gasteiger partial charge in [-0.25, -0.2) is 0 Å². The molecule has 3 heteroatoms. The van der Waals surface area contributed by atoms with Crippen molar-refractivity contribution >= 4 is 16.7 Å². The average Bonchev–Trinajstić information content (AvgIpc) is 2.61. The Morgan fingerprint density at radius 2 is 2.07 bits per heavy atom. The second-order valence-corrected chi connectivity index (χ2v) is 4.33. The Balaban J connectivity index is 2.49. The van der Waals surface area contributed by atoms with E-state index in [0.717, 1.165) is 10.9 Å². The summed E-state index contributed by atoms with van der Waals surface area (Å²) in [6.45, 7) is 3.44. The van der Waals surface area contributed by atoms with Crippen LogP contribution in [0.1, 0.15) is 24.2 Å². The Kier molecular flexibility index (Phi) is 2.12. The van der Waals surface area contributed by atoms with Crippen molar-refractivity contribution in [3.63, 3.8) is 0 Å². The maximum atomic E-state index is 11.9. The fourth-order valence-electron chi connectivity index (χ4n) is 1.57. The minimum absolute atomic E-state index is 0.0365. The topological polar surface area (TPSA) is 58.9 Å². The molecule has 0 aliphatic carbocycles. The minimum Gasteiger partial charge on any atom is -0.361 e. The number of H-pyrrole nitrogens is 1. The number of rotatable bonds is 2.